The number of ether oxygens (including phenoxy) is 2. The number of benzene rings is 2. The number of imide groups is 1. The molecule has 2 aromatic rings. The van der Waals surface area contributed by atoms with E-state index in [0.29, 0.717) is 54.3 Å². The zero-order valence-corrected chi connectivity index (χ0v) is 26.8. The Bertz CT molecular complexity index is 1500. The van der Waals surface area contributed by atoms with Crippen LogP contribution >= 0.6 is 0 Å². The molecular weight excluding hydrogens is 589 g/mol. The standard InChI is InChI=1S/C35H44FN5O5/c1-23(3-8-32(43)37-22-42)41-18-28-27(34(41)44)5-7-30-33(28)46-19-25-17-38(13-14-40(25)30)16-24-9-11-35(12-10-24)20-39(21-35)31-15-26(45-2)4-6-29(31)36/h4-7,15,22-25H,3,8-14,16-21H2,1-2H3,(H,37,42,43). The van der Waals surface area contributed by atoms with Gasteiger partial charge in [0.1, 0.15) is 23.9 Å². The summed E-state index contributed by atoms with van der Waals surface area (Å²) in [6.07, 6.45) is 5.90. The zero-order valence-electron chi connectivity index (χ0n) is 26.8. The third-order valence-corrected chi connectivity index (χ3v) is 11.1. The van der Waals surface area contributed by atoms with Gasteiger partial charge in [-0.15, -0.1) is 0 Å². The lowest BCUT2D eigenvalue weighted by Crippen LogP contribution is -2.59. The van der Waals surface area contributed by atoms with E-state index in [4.69, 9.17) is 9.47 Å². The van der Waals surface area contributed by atoms with Crippen molar-refractivity contribution in [3.8, 4) is 11.5 Å². The Balaban J connectivity index is 0.912. The maximum absolute atomic E-state index is 14.5. The fraction of sp³-hybridized carbons (Fsp3) is 0.571. The molecule has 0 radical (unpaired) electrons. The molecule has 0 bridgehead atoms. The molecule has 1 aliphatic carbocycles. The number of rotatable bonds is 9. The van der Waals surface area contributed by atoms with Crippen molar-refractivity contribution in [3.63, 3.8) is 0 Å². The highest BCUT2D eigenvalue weighted by atomic mass is 19.1. The smallest absolute Gasteiger partial charge is 0.254 e. The number of methoxy groups -OCH3 is 1. The molecule has 0 aromatic heterocycles. The molecule has 11 heteroatoms. The van der Waals surface area contributed by atoms with Gasteiger partial charge in [0.25, 0.3) is 5.91 Å². The van der Waals surface area contributed by atoms with E-state index in [0.717, 1.165) is 56.3 Å². The molecule has 7 rings (SSSR count). The molecule has 5 aliphatic rings. The summed E-state index contributed by atoms with van der Waals surface area (Å²) in [5.41, 5.74) is 3.66. The van der Waals surface area contributed by atoms with Gasteiger partial charge >= 0.3 is 0 Å². The third-order valence-electron chi connectivity index (χ3n) is 11.1. The maximum Gasteiger partial charge on any atom is 0.254 e. The van der Waals surface area contributed by atoms with Crippen LogP contribution in [0.3, 0.4) is 0 Å². The molecule has 2 atom stereocenters. The molecule has 2 unspecified atom stereocenters. The van der Waals surface area contributed by atoms with Crippen LogP contribution in [0.5, 0.6) is 11.5 Å². The average Bonchev–Trinajstić information content (AvgIpc) is 3.39. The Hall–Kier alpha value is -3.86. The van der Waals surface area contributed by atoms with E-state index in [1.165, 1.54) is 31.7 Å². The summed E-state index contributed by atoms with van der Waals surface area (Å²) in [4.78, 5) is 44.6. The SMILES string of the molecule is COc1ccc(F)c(N2CC3(CCC(CN4CCN5c6ccc7c(c6OCC5C4)CN(C(C)CCC(=O)NC=O)C7=O)CC3)C2)c1. The van der Waals surface area contributed by atoms with Gasteiger partial charge in [0.15, 0.2) is 0 Å². The maximum atomic E-state index is 14.5. The molecule has 10 nitrogen and oxygen atoms in total. The second-order valence-corrected chi connectivity index (χ2v) is 14.0. The van der Waals surface area contributed by atoms with Crippen molar-refractivity contribution in [2.75, 3.05) is 62.8 Å². The van der Waals surface area contributed by atoms with Crippen molar-refractivity contribution in [3.05, 3.63) is 47.3 Å². The number of hydrogen-bond donors (Lipinski definition) is 1. The summed E-state index contributed by atoms with van der Waals surface area (Å²) in [6, 6.07) is 9.10. The summed E-state index contributed by atoms with van der Waals surface area (Å²) in [5.74, 6) is 1.65. The molecule has 1 spiro atoms. The van der Waals surface area contributed by atoms with Gasteiger partial charge in [0.05, 0.1) is 31.1 Å². The van der Waals surface area contributed by atoms with Crippen molar-refractivity contribution >= 4 is 29.6 Å². The van der Waals surface area contributed by atoms with Crippen molar-refractivity contribution in [2.24, 2.45) is 11.3 Å². The first kappa shape index (κ1) is 30.8. The number of amides is 3. The second kappa shape index (κ2) is 12.4. The van der Waals surface area contributed by atoms with Gasteiger partial charge in [0.2, 0.25) is 12.3 Å². The van der Waals surface area contributed by atoms with Crippen LogP contribution in [0.1, 0.15) is 61.4 Å². The van der Waals surface area contributed by atoms with E-state index in [2.05, 4.69) is 20.0 Å². The van der Waals surface area contributed by atoms with Crippen LogP contribution in [0.4, 0.5) is 15.8 Å². The van der Waals surface area contributed by atoms with E-state index in [1.54, 1.807) is 18.1 Å². The number of piperazine rings is 1. The Morgan fingerprint density at radius 1 is 1.17 bits per heavy atom. The second-order valence-electron chi connectivity index (χ2n) is 14.0. The van der Waals surface area contributed by atoms with Gasteiger partial charge in [-0.05, 0) is 69.2 Å². The number of hydrogen-bond acceptors (Lipinski definition) is 8. The van der Waals surface area contributed by atoms with Crippen LogP contribution in [0.15, 0.2) is 30.3 Å². The van der Waals surface area contributed by atoms with E-state index in [-0.39, 0.29) is 36.1 Å². The van der Waals surface area contributed by atoms with E-state index in [1.807, 2.05) is 25.1 Å². The fourth-order valence-corrected chi connectivity index (χ4v) is 8.42. The molecule has 246 valence electrons. The Labute approximate surface area is 269 Å². The van der Waals surface area contributed by atoms with Crippen molar-refractivity contribution in [1.29, 1.82) is 0 Å². The van der Waals surface area contributed by atoms with Crippen LogP contribution in [0, 0.1) is 17.2 Å². The lowest BCUT2D eigenvalue weighted by Gasteiger charge is -2.55. The van der Waals surface area contributed by atoms with Crippen LogP contribution in [-0.2, 0) is 16.1 Å². The summed E-state index contributed by atoms with van der Waals surface area (Å²) < 4.78 is 26.2. The molecule has 2 saturated heterocycles. The molecule has 1 saturated carbocycles. The number of nitrogens with zero attached hydrogens (tertiary/aromatic N) is 4. The molecule has 3 fully saturated rings. The first-order valence-corrected chi connectivity index (χ1v) is 16.7. The largest absolute Gasteiger partial charge is 0.497 e. The zero-order chi connectivity index (χ0) is 32.0. The summed E-state index contributed by atoms with van der Waals surface area (Å²) in [7, 11) is 1.62. The Kier molecular flexibility index (Phi) is 8.29. The lowest BCUT2D eigenvalue weighted by atomic mass is 9.65. The highest BCUT2D eigenvalue weighted by molar-refractivity contribution is 6.00. The van der Waals surface area contributed by atoms with Gasteiger partial charge in [-0.1, -0.05) is 0 Å². The third kappa shape index (κ3) is 5.67. The van der Waals surface area contributed by atoms with Crippen molar-refractivity contribution < 1.29 is 28.2 Å². The first-order valence-electron chi connectivity index (χ1n) is 16.7. The lowest BCUT2D eigenvalue weighted by molar-refractivity contribution is -0.125. The van der Waals surface area contributed by atoms with Gasteiger partial charge in [-0.25, -0.2) is 4.39 Å². The van der Waals surface area contributed by atoms with E-state index < -0.39 is 0 Å². The molecule has 4 aliphatic heterocycles. The summed E-state index contributed by atoms with van der Waals surface area (Å²) in [5, 5.41) is 2.16. The van der Waals surface area contributed by atoms with Crippen LogP contribution < -0.4 is 24.6 Å². The molecule has 46 heavy (non-hydrogen) atoms. The number of carbonyl (C=O) groups is 3. The van der Waals surface area contributed by atoms with Gasteiger partial charge in [-0.2, -0.15) is 0 Å². The average molecular weight is 634 g/mol. The predicted octanol–water partition coefficient (Wildman–Crippen LogP) is 3.81. The van der Waals surface area contributed by atoms with Crippen LogP contribution in [-0.4, -0.2) is 93.1 Å². The van der Waals surface area contributed by atoms with Gasteiger partial charge in [0, 0.05) is 74.3 Å². The molecule has 2 aromatic carbocycles. The molecule has 4 heterocycles. The topological polar surface area (TPSA) is 94.7 Å². The predicted molar refractivity (Wildman–Crippen MR) is 172 cm³/mol. The number of carbonyl (C=O) groups excluding carboxylic acids is 3. The van der Waals surface area contributed by atoms with E-state index in [9.17, 15) is 18.8 Å². The highest BCUT2D eigenvalue weighted by Gasteiger charge is 2.46. The number of nitrogens with one attached hydrogen (secondary N) is 1. The summed E-state index contributed by atoms with van der Waals surface area (Å²) in [6.45, 7) is 8.85. The normalized spacial score (nSPS) is 22.8. The minimum Gasteiger partial charge on any atom is -0.497 e. The Morgan fingerprint density at radius 3 is 2.74 bits per heavy atom. The molecular formula is C35H44FN5O5. The monoisotopic (exact) mass is 633 g/mol. The molecule has 3 amide bonds. The van der Waals surface area contributed by atoms with Gasteiger partial charge < -0.3 is 24.2 Å². The van der Waals surface area contributed by atoms with E-state index >= 15 is 0 Å². The van der Waals surface area contributed by atoms with Crippen molar-refractivity contribution in [2.45, 2.75) is 64.1 Å². The summed E-state index contributed by atoms with van der Waals surface area (Å²) >= 11 is 0. The number of anilines is 2. The Morgan fingerprint density at radius 2 is 1.98 bits per heavy atom. The fourth-order valence-electron chi connectivity index (χ4n) is 8.42. The highest BCUT2D eigenvalue weighted by Crippen LogP contribution is 2.48. The minimum atomic E-state index is -0.336. The number of halogens is 1. The minimum absolute atomic E-state index is 0.0343. The quantitative estimate of drug-likeness (QED) is 0.417. The first-order chi connectivity index (χ1) is 22.3. The van der Waals surface area contributed by atoms with Crippen LogP contribution in [0.2, 0.25) is 0 Å². The molecule has 1 N–H and O–H groups in total. The van der Waals surface area contributed by atoms with Crippen LogP contribution in [0.25, 0.3) is 0 Å². The number of fused-ring (bicyclic) bond motifs is 5. The van der Waals surface area contributed by atoms with Crippen molar-refractivity contribution in [1.82, 2.24) is 15.1 Å². The van der Waals surface area contributed by atoms with Gasteiger partial charge in [-0.3, -0.25) is 24.6 Å².